The van der Waals surface area contributed by atoms with Crippen LogP contribution < -0.4 is 10.1 Å². The monoisotopic (exact) mass is 327 g/mol. The lowest BCUT2D eigenvalue weighted by molar-refractivity contribution is -0.146. The quantitative estimate of drug-likeness (QED) is 0.794. The topological polar surface area (TPSA) is 64.6 Å². The minimum atomic E-state index is -0.438. The summed E-state index contributed by atoms with van der Waals surface area (Å²) in [7, 11) is 0. The average Bonchev–Trinajstić information content (AvgIpc) is 2.57. The van der Waals surface area contributed by atoms with Crippen LogP contribution in [0.2, 0.25) is 0 Å². The molecule has 0 bridgehead atoms. The van der Waals surface area contributed by atoms with Gasteiger partial charge in [-0.1, -0.05) is 42.0 Å². The van der Waals surface area contributed by atoms with E-state index in [2.05, 4.69) is 5.32 Å². The van der Waals surface area contributed by atoms with Gasteiger partial charge in [-0.25, -0.2) is 0 Å². The van der Waals surface area contributed by atoms with Gasteiger partial charge < -0.3 is 14.8 Å². The molecule has 5 heteroatoms. The number of amides is 1. The molecule has 126 valence electrons. The molecule has 0 spiro atoms. The van der Waals surface area contributed by atoms with E-state index in [-0.39, 0.29) is 13.0 Å². The van der Waals surface area contributed by atoms with Crippen LogP contribution in [0.5, 0.6) is 5.75 Å². The first-order valence-corrected chi connectivity index (χ1v) is 7.81. The summed E-state index contributed by atoms with van der Waals surface area (Å²) in [4.78, 5) is 23.7. The Hall–Kier alpha value is -2.82. The van der Waals surface area contributed by atoms with Gasteiger partial charge in [0.05, 0.1) is 18.7 Å². The largest absolute Gasteiger partial charge is 0.492 e. The number of hydrogen-bond acceptors (Lipinski definition) is 4. The van der Waals surface area contributed by atoms with Gasteiger partial charge in [0.25, 0.3) is 5.91 Å². The molecule has 0 saturated heterocycles. The summed E-state index contributed by atoms with van der Waals surface area (Å²) in [5.41, 5.74) is 2.53. The fraction of sp³-hybridized carbons (Fsp3) is 0.263. The zero-order valence-corrected chi connectivity index (χ0v) is 13.9. The van der Waals surface area contributed by atoms with E-state index in [0.29, 0.717) is 18.0 Å². The van der Waals surface area contributed by atoms with Gasteiger partial charge >= 0.3 is 5.97 Å². The maximum Gasteiger partial charge on any atom is 0.310 e. The first-order chi connectivity index (χ1) is 11.6. The number of carbonyl (C=O) groups excluding carboxylic acids is 2. The van der Waals surface area contributed by atoms with Crippen LogP contribution in [-0.4, -0.2) is 25.1 Å². The van der Waals surface area contributed by atoms with Crippen LogP contribution in [0.3, 0.4) is 0 Å². The van der Waals surface area contributed by atoms with Gasteiger partial charge in [0.1, 0.15) is 5.75 Å². The molecule has 0 atom stereocenters. The number of carbonyl (C=O) groups is 2. The van der Waals surface area contributed by atoms with Gasteiger partial charge in [-0.3, -0.25) is 9.59 Å². The average molecular weight is 327 g/mol. The van der Waals surface area contributed by atoms with Crippen LogP contribution in [0.25, 0.3) is 0 Å². The van der Waals surface area contributed by atoms with E-state index in [1.807, 2.05) is 44.2 Å². The zero-order chi connectivity index (χ0) is 17.4. The smallest absolute Gasteiger partial charge is 0.310 e. The van der Waals surface area contributed by atoms with Crippen LogP contribution in [0.1, 0.15) is 18.1 Å². The van der Waals surface area contributed by atoms with E-state index in [0.717, 1.165) is 11.1 Å². The molecule has 0 aromatic heterocycles. The van der Waals surface area contributed by atoms with Crippen LogP contribution in [0, 0.1) is 6.92 Å². The molecule has 0 aliphatic carbocycles. The number of benzene rings is 2. The van der Waals surface area contributed by atoms with E-state index < -0.39 is 11.9 Å². The number of rotatable bonds is 7. The molecule has 0 saturated carbocycles. The van der Waals surface area contributed by atoms with Crippen molar-refractivity contribution in [2.45, 2.75) is 20.3 Å². The van der Waals surface area contributed by atoms with Crippen molar-refractivity contribution in [2.75, 3.05) is 18.5 Å². The molecular weight excluding hydrogens is 306 g/mol. The second-order valence-corrected chi connectivity index (χ2v) is 5.30. The highest BCUT2D eigenvalue weighted by Gasteiger charge is 2.11. The van der Waals surface area contributed by atoms with Crippen LogP contribution in [0.4, 0.5) is 5.69 Å². The minimum Gasteiger partial charge on any atom is -0.492 e. The Kier molecular flexibility index (Phi) is 6.37. The Morgan fingerprint density at radius 3 is 2.46 bits per heavy atom. The molecule has 0 heterocycles. The van der Waals surface area contributed by atoms with E-state index in [1.54, 1.807) is 18.2 Å². The molecule has 24 heavy (non-hydrogen) atoms. The zero-order valence-electron chi connectivity index (χ0n) is 13.9. The van der Waals surface area contributed by atoms with Crippen molar-refractivity contribution in [3.05, 3.63) is 59.7 Å². The van der Waals surface area contributed by atoms with Crippen LogP contribution >= 0.6 is 0 Å². The first kappa shape index (κ1) is 17.5. The Morgan fingerprint density at radius 1 is 1.04 bits per heavy atom. The second-order valence-electron chi connectivity index (χ2n) is 5.30. The van der Waals surface area contributed by atoms with Gasteiger partial charge in [0.2, 0.25) is 0 Å². The summed E-state index contributed by atoms with van der Waals surface area (Å²) in [6.07, 6.45) is 0.142. The highest BCUT2D eigenvalue weighted by molar-refractivity contribution is 5.94. The van der Waals surface area contributed by atoms with Gasteiger partial charge in [-0.15, -0.1) is 0 Å². The first-order valence-electron chi connectivity index (χ1n) is 7.81. The summed E-state index contributed by atoms with van der Waals surface area (Å²) >= 11 is 0. The number of ether oxygens (including phenoxy) is 2. The van der Waals surface area contributed by atoms with E-state index in [9.17, 15) is 9.59 Å². The summed E-state index contributed by atoms with van der Waals surface area (Å²) in [5.74, 6) is -0.258. The molecule has 0 unspecified atom stereocenters. The number of para-hydroxylation sites is 2. The number of nitrogens with one attached hydrogen (secondary N) is 1. The van der Waals surface area contributed by atoms with E-state index in [1.165, 1.54) is 0 Å². The van der Waals surface area contributed by atoms with Crippen molar-refractivity contribution < 1.29 is 19.1 Å². The Morgan fingerprint density at radius 2 is 1.75 bits per heavy atom. The van der Waals surface area contributed by atoms with Crippen LogP contribution in [0.15, 0.2) is 48.5 Å². The van der Waals surface area contributed by atoms with E-state index in [4.69, 9.17) is 9.47 Å². The van der Waals surface area contributed by atoms with Crippen molar-refractivity contribution in [1.82, 2.24) is 0 Å². The molecule has 2 rings (SSSR count). The molecule has 0 aliphatic heterocycles. The third kappa shape index (κ3) is 5.43. The molecule has 0 fully saturated rings. The van der Waals surface area contributed by atoms with Crippen molar-refractivity contribution in [3.8, 4) is 5.75 Å². The summed E-state index contributed by atoms with van der Waals surface area (Å²) < 4.78 is 10.4. The van der Waals surface area contributed by atoms with Gasteiger partial charge in [0.15, 0.2) is 6.61 Å². The molecule has 2 aromatic rings. The summed E-state index contributed by atoms with van der Waals surface area (Å²) in [6, 6.07) is 14.7. The molecule has 0 radical (unpaired) electrons. The number of esters is 1. The standard InChI is InChI=1S/C19H21NO4/c1-3-23-17-7-5-4-6-16(17)20-18(21)13-24-19(22)12-15-10-8-14(2)9-11-15/h4-11H,3,12-13H2,1-2H3,(H,20,21). The Bertz CT molecular complexity index is 695. The fourth-order valence-corrected chi connectivity index (χ4v) is 2.11. The predicted octanol–water partition coefficient (Wildman–Crippen LogP) is 3.12. The third-order valence-corrected chi connectivity index (χ3v) is 3.29. The second kappa shape index (κ2) is 8.72. The maximum atomic E-state index is 11.9. The van der Waals surface area contributed by atoms with Gasteiger partial charge in [-0.05, 0) is 31.5 Å². The van der Waals surface area contributed by atoms with Gasteiger partial charge in [-0.2, -0.15) is 0 Å². The summed E-state index contributed by atoms with van der Waals surface area (Å²) in [6.45, 7) is 4.02. The molecule has 5 nitrogen and oxygen atoms in total. The van der Waals surface area contributed by atoms with Crippen molar-refractivity contribution in [1.29, 1.82) is 0 Å². The lowest BCUT2D eigenvalue weighted by atomic mass is 10.1. The molecule has 0 aliphatic rings. The normalized spacial score (nSPS) is 10.1. The summed E-state index contributed by atoms with van der Waals surface area (Å²) in [5, 5.41) is 2.68. The maximum absolute atomic E-state index is 11.9. The highest BCUT2D eigenvalue weighted by Crippen LogP contribution is 2.23. The van der Waals surface area contributed by atoms with Crippen molar-refractivity contribution in [2.24, 2.45) is 0 Å². The van der Waals surface area contributed by atoms with Gasteiger partial charge in [0, 0.05) is 0 Å². The molecular formula is C19H21NO4. The predicted molar refractivity (Wildman–Crippen MR) is 92.1 cm³/mol. The third-order valence-electron chi connectivity index (χ3n) is 3.29. The molecule has 2 aromatic carbocycles. The lowest BCUT2D eigenvalue weighted by Gasteiger charge is -2.11. The highest BCUT2D eigenvalue weighted by atomic mass is 16.5. The number of anilines is 1. The number of hydrogen-bond donors (Lipinski definition) is 1. The fourth-order valence-electron chi connectivity index (χ4n) is 2.11. The Labute approximate surface area is 141 Å². The Balaban J connectivity index is 1.82. The van der Waals surface area contributed by atoms with Crippen molar-refractivity contribution >= 4 is 17.6 Å². The van der Waals surface area contributed by atoms with Crippen molar-refractivity contribution in [3.63, 3.8) is 0 Å². The molecule has 1 N–H and O–H groups in total. The SMILES string of the molecule is CCOc1ccccc1NC(=O)COC(=O)Cc1ccc(C)cc1. The van der Waals surface area contributed by atoms with Crippen LogP contribution in [-0.2, 0) is 20.7 Å². The van der Waals surface area contributed by atoms with E-state index >= 15 is 0 Å². The molecule has 1 amide bonds. The minimum absolute atomic E-state index is 0.142. The number of aryl methyl sites for hydroxylation is 1. The lowest BCUT2D eigenvalue weighted by Crippen LogP contribution is -2.22.